The van der Waals surface area contributed by atoms with Gasteiger partial charge in [-0.25, -0.2) is 0 Å². The van der Waals surface area contributed by atoms with Crippen LogP contribution in [0.4, 0.5) is 0 Å². The highest BCUT2D eigenvalue weighted by Crippen LogP contribution is 2.57. The van der Waals surface area contributed by atoms with Gasteiger partial charge < -0.3 is 5.32 Å². The van der Waals surface area contributed by atoms with E-state index in [4.69, 9.17) is 0 Å². The van der Waals surface area contributed by atoms with Gasteiger partial charge in [0.25, 0.3) is 0 Å². The molecule has 1 N–H and O–H groups in total. The van der Waals surface area contributed by atoms with Crippen molar-refractivity contribution in [3.8, 4) is 0 Å². The number of hydrogen-bond acceptors (Lipinski definition) is 1. The fraction of sp³-hybridized carbons (Fsp3) is 0.810. The summed E-state index contributed by atoms with van der Waals surface area (Å²) in [5.74, 6) is 4.76. The van der Waals surface area contributed by atoms with Gasteiger partial charge in [0.2, 0.25) is 0 Å². The van der Waals surface area contributed by atoms with E-state index in [9.17, 15) is 0 Å². The van der Waals surface area contributed by atoms with Gasteiger partial charge in [-0.1, -0.05) is 27.7 Å². The van der Waals surface area contributed by atoms with Crippen LogP contribution >= 0.6 is 0 Å². The van der Waals surface area contributed by atoms with Gasteiger partial charge >= 0.3 is 0 Å². The van der Waals surface area contributed by atoms with E-state index >= 15 is 0 Å². The first-order chi connectivity index (χ1) is 10.5. The minimum atomic E-state index is 0.560. The summed E-state index contributed by atoms with van der Waals surface area (Å²) in [6.45, 7) is 11.8. The number of dihydropyridines is 1. The molecule has 0 aromatic carbocycles. The molecule has 1 saturated carbocycles. The van der Waals surface area contributed by atoms with Crippen LogP contribution in [0, 0.1) is 29.6 Å². The molecule has 0 saturated heterocycles. The molecule has 22 heavy (non-hydrogen) atoms. The van der Waals surface area contributed by atoms with Crippen molar-refractivity contribution in [2.75, 3.05) is 0 Å². The fourth-order valence-corrected chi connectivity index (χ4v) is 5.10. The molecule has 1 aliphatic heterocycles. The number of fused-ring (bicyclic) bond motifs is 1. The van der Waals surface area contributed by atoms with Crippen molar-refractivity contribution < 1.29 is 0 Å². The average molecular weight is 302 g/mol. The van der Waals surface area contributed by atoms with Gasteiger partial charge in [-0.3, -0.25) is 0 Å². The van der Waals surface area contributed by atoms with Gasteiger partial charge in [0.05, 0.1) is 0 Å². The summed E-state index contributed by atoms with van der Waals surface area (Å²) in [5.41, 5.74) is 5.10. The fourth-order valence-electron chi connectivity index (χ4n) is 5.10. The molecule has 1 heterocycles. The predicted molar refractivity (Wildman–Crippen MR) is 95.6 cm³/mol. The molecule has 0 bridgehead atoms. The Hall–Kier alpha value is -0.720. The van der Waals surface area contributed by atoms with Crippen LogP contribution in [0.25, 0.3) is 0 Å². The zero-order chi connectivity index (χ0) is 15.9. The van der Waals surface area contributed by atoms with Gasteiger partial charge in [0.1, 0.15) is 0 Å². The van der Waals surface area contributed by atoms with Gasteiger partial charge in [-0.05, 0) is 91.8 Å². The van der Waals surface area contributed by atoms with E-state index in [1.54, 1.807) is 16.7 Å². The summed E-state index contributed by atoms with van der Waals surface area (Å²) >= 11 is 0. The van der Waals surface area contributed by atoms with Crippen LogP contribution in [0.15, 0.2) is 22.9 Å². The predicted octanol–water partition coefficient (Wildman–Crippen LogP) is 5.69. The highest BCUT2D eigenvalue weighted by Gasteiger charge is 2.49. The van der Waals surface area contributed by atoms with Crippen molar-refractivity contribution in [3.05, 3.63) is 22.9 Å². The van der Waals surface area contributed by atoms with Crippen molar-refractivity contribution in [3.63, 3.8) is 0 Å². The third-order valence-corrected chi connectivity index (χ3v) is 6.16. The number of hydrogen-bond donors (Lipinski definition) is 1. The normalized spacial score (nSPS) is 34.6. The molecule has 3 aliphatic rings. The second kappa shape index (κ2) is 6.42. The third kappa shape index (κ3) is 3.29. The molecule has 4 atom stereocenters. The van der Waals surface area contributed by atoms with Gasteiger partial charge in [0, 0.05) is 12.2 Å². The molecule has 1 nitrogen and oxygen atoms in total. The average Bonchev–Trinajstić information content (AvgIpc) is 3.03. The first kappa shape index (κ1) is 16.1. The molecular weight excluding hydrogens is 266 g/mol. The minimum Gasteiger partial charge on any atom is -0.384 e. The second-order valence-corrected chi connectivity index (χ2v) is 8.86. The summed E-state index contributed by atoms with van der Waals surface area (Å²) in [4.78, 5) is 0. The molecule has 0 aromatic heterocycles. The Bertz CT molecular complexity index is 468. The van der Waals surface area contributed by atoms with Crippen molar-refractivity contribution in [1.29, 1.82) is 0 Å². The molecule has 0 amide bonds. The molecule has 0 aromatic rings. The summed E-state index contributed by atoms with van der Waals surface area (Å²) in [7, 11) is 0. The van der Waals surface area contributed by atoms with E-state index < -0.39 is 0 Å². The zero-order valence-electron chi connectivity index (χ0n) is 15.3. The van der Waals surface area contributed by atoms with Crippen LogP contribution in [0.2, 0.25) is 0 Å². The third-order valence-electron chi connectivity index (χ3n) is 6.16. The Morgan fingerprint density at radius 3 is 2.36 bits per heavy atom. The molecular formula is C21H35N. The zero-order valence-corrected chi connectivity index (χ0v) is 15.3. The lowest BCUT2D eigenvalue weighted by Crippen LogP contribution is -2.29. The quantitative estimate of drug-likeness (QED) is 0.703. The van der Waals surface area contributed by atoms with E-state index in [0.29, 0.717) is 6.04 Å². The van der Waals surface area contributed by atoms with Gasteiger partial charge in [0.15, 0.2) is 0 Å². The molecule has 124 valence electrons. The number of rotatable bonds is 4. The van der Waals surface area contributed by atoms with Crippen LogP contribution in [0.1, 0.15) is 73.1 Å². The van der Waals surface area contributed by atoms with E-state index in [-0.39, 0.29) is 0 Å². The maximum Gasteiger partial charge on any atom is 0.0445 e. The van der Waals surface area contributed by atoms with E-state index in [1.165, 1.54) is 38.5 Å². The smallest absolute Gasteiger partial charge is 0.0445 e. The maximum atomic E-state index is 3.64. The minimum absolute atomic E-state index is 0.560. The second-order valence-electron chi connectivity index (χ2n) is 8.86. The van der Waals surface area contributed by atoms with E-state index in [1.807, 2.05) is 0 Å². The Morgan fingerprint density at radius 2 is 1.73 bits per heavy atom. The molecule has 1 fully saturated rings. The Kier molecular flexibility index (Phi) is 4.71. The van der Waals surface area contributed by atoms with Crippen molar-refractivity contribution in [2.24, 2.45) is 29.6 Å². The van der Waals surface area contributed by atoms with Crippen molar-refractivity contribution >= 4 is 0 Å². The summed E-state index contributed by atoms with van der Waals surface area (Å²) < 4.78 is 0. The first-order valence-electron chi connectivity index (χ1n) is 9.64. The molecule has 2 aliphatic carbocycles. The number of nitrogens with one attached hydrogen (secondary N) is 1. The Balaban J connectivity index is 1.73. The SMILES string of the molecule is CC(C)CC1=CNC(C)C2=C1CC[C@@H]1[C@H](CC2)[C@@H]1CC(C)C. The van der Waals surface area contributed by atoms with Crippen LogP contribution in [-0.4, -0.2) is 6.04 Å². The first-order valence-corrected chi connectivity index (χ1v) is 9.64. The Morgan fingerprint density at radius 1 is 1.05 bits per heavy atom. The molecule has 1 unspecified atom stereocenters. The largest absolute Gasteiger partial charge is 0.384 e. The van der Waals surface area contributed by atoms with Crippen LogP contribution in [0.3, 0.4) is 0 Å². The lowest BCUT2D eigenvalue weighted by atomic mass is 9.82. The van der Waals surface area contributed by atoms with Crippen LogP contribution in [0.5, 0.6) is 0 Å². The standard InChI is InChI=1S/C21H35N/c1-13(2)10-16-12-22-15(5)17-6-8-19-20(9-7-18(16)17)21(19)11-14(3)4/h12-15,19-22H,6-11H2,1-5H3/t15?,19-,20+,21-/m0/s1. The Labute approximate surface area is 137 Å². The van der Waals surface area contributed by atoms with Gasteiger partial charge in [-0.2, -0.15) is 0 Å². The van der Waals surface area contributed by atoms with Crippen molar-refractivity contribution in [2.45, 2.75) is 79.2 Å². The summed E-state index contributed by atoms with van der Waals surface area (Å²) in [6.07, 6.45) is 10.6. The summed E-state index contributed by atoms with van der Waals surface area (Å²) in [5, 5.41) is 3.64. The maximum absolute atomic E-state index is 3.64. The topological polar surface area (TPSA) is 12.0 Å². The number of allylic oxidation sites excluding steroid dienone is 2. The van der Waals surface area contributed by atoms with Crippen molar-refractivity contribution in [1.82, 2.24) is 5.32 Å². The lowest BCUT2D eigenvalue weighted by Gasteiger charge is -2.30. The molecule has 0 spiro atoms. The summed E-state index contributed by atoms with van der Waals surface area (Å²) in [6, 6.07) is 0.560. The van der Waals surface area contributed by atoms with Gasteiger partial charge in [-0.15, -0.1) is 0 Å². The molecule has 0 radical (unpaired) electrons. The molecule has 1 heteroatoms. The highest BCUT2D eigenvalue weighted by atomic mass is 14.9. The monoisotopic (exact) mass is 301 g/mol. The van der Waals surface area contributed by atoms with Crippen LogP contribution in [-0.2, 0) is 0 Å². The van der Waals surface area contributed by atoms with E-state index in [2.05, 4.69) is 46.1 Å². The van der Waals surface area contributed by atoms with E-state index in [0.717, 1.165) is 29.6 Å². The highest BCUT2D eigenvalue weighted by molar-refractivity contribution is 5.41. The lowest BCUT2D eigenvalue weighted by molar-refractivity contribution is 0.492. The van der Waals surface area contributed by atoms with Crippen LogP contribution < -0.4 is 5.32 Å². The molecule has 3 rings (SSSR count).